The van der Waals surface area contributed by atoms with E-state index in [1.165, 1.54) is 0 Å². The second-order valence-electron chi connectivity index (χ2n) is 3.53. The first-order valence-electron chi connectivity index (χ1n) is 4.84. The molecule has 1 N–H and O–H groups in total. The maximum absolute atomic E-state index is 4.99. The Kier molecular flexibility index (Phi) is 6.85. The lowest BCUT2D eigenvalue weighted by Crippen LogP contribution is -2.25. The Morgan fingerprint density at radius 2 is 2.07 bits per heavy atom. The smallest absolute Gasteiger partial charge is 0.0481 e. The lowest BCUT2D eigenvalue weighted by Gasteiger charge is -2.14. The molecule has 0 saturated carbocycles. The van der Waals surface area contributed by atoms with E-state index in [4.69, 9.17) is 4.74 Å². The zero-order chi connectivity index (χ0) is 11.0. The van der Waals surface area contributed by atoms with Crippen molar-refractivity contribution in [2.24, 2.45) is 0 Å². The van der Waals surface area contributed by atoms with E-state index in [0.29, 0.717) is 6.04 Å². The Bertz CT molecular complexity index is 218. The van der Waals surface area contributed by atoms with Crippen LogP contribution in [0.3, 0.4) is 0 Å². The van der Waals surface area contributed by atoms with Gasteiger partial charge in [-0.05, 0) is 26.3 Å². The highest BCUT2D eigenvalue weighted by Crippen LogP contribution is 1.98. The number of methoxy groups -OCH3 is 1. The molecule has 0 aromatic heterocycles. The lowest BCUT2D eigenvalue weighted by atomic mass is 10.2. The van der Waals surface area contributed by atoms with Crippen molar-refractivity contribution in [2.75, 3.05) is 13.7 Å². The predicted octanol–water partition coefficient (Wildman–Crippen LogP) is 2.65. The first-order valence-corrected chi connectivity index (χ1v) is 4.84. The van der Waals surface area contributed by atoms with Crippen LogP contribution >= 0.6 is 0 Å². The van der Waals surface area contributed by atoms with Crippen LogP contribution in [0.25, 0.3) is 0 Å². The maximum Gasteiger partial charge on any atom is 0.0481 e. The second-order valence-corrected chi connectivity index (χ2v) is 3.53. The first-order chi connectivity index (χ1) is 6.56. The summed E-state index contributed by atoms with van der Waals surface area (Å²) in [6, 6.07) is 0.386. The third-order valence-corrected chi connectivity index (χ3v) is 1.76. The van der Waals surface area contributed by atoms with Gasteiger partial charge in [0.05, 0.1) is 0 Å². The van der Waals surface area contributed by atoms with Crippen molar-refractivity contribution in [2.45, 2.75) is 26.3 Å². The Hall–Kier alpha value is -1.02. The summed E-state index contributed by atoms with van der Waals surface area (Å²) in [6.45, 7) is 12.5. The zero-order valence-corrected chi connectivity index (χ0v) is 9.47. The van der Waals surface area contributed by atoms with Gasteiger partial charge in [-0.2, -0.15) is 0 Å². The topological polar surface area (TPSA) is 21.3 Å². The van der Waals surface area contributed by atoms with Crippen molar-refractivity contribution in [3.8, 4) is 0 Å². The van der Waals surface area contributed by atoms with Crippen molar-refractivity contribution in [3.63, 3.8) is 0 Å². The predicted molar refractivity (Wildman–Crippen MR) is 62.2 cm³/mol. The summed E-state index contributed by atoms with van der Waals surface area (Å²) in [7, 11) is 1.71. The molecule has 2 heteroatoms. The van der Waals surface area contributed by atoms with Gasteiger partial charge in [0.2, 0.25) is 0 Å². The van der Waals surface area contributed by atoms with Crippen LogP contribution in [-0.2, 0) is 4.74 Å². The monoisotopic (exact) mass is 195 g/mol. The Morgan fingerprint density at radius 3 is 2.57 bits per heavy atom. The molecule has 0 aliphatic heterocycles. The zero-order valence-electron chi connectivity index (χ0n) is 9.47. The Morgan fingerprint density at radius 1 is 1.43 bits per heavy atom. The first kappa shape index (κ1) is 13.0. The summed E-state index contributed by atoms with van der Waals surface area (Å²) in [5.74, 6) is 0. The number of nitrogens with one attached hydrogen (secondary N) is 1. The lowest BCUT2D eigenvalue weighted by molar-refractivity contribution is 0.186. The van der Waals surface area contributed by atoms with E-state index in [-0.39, 0.29) is 0 Å². The van der Waals surface area contributed by atoms with Gasteiger partial charge in [0.15, 0.2) is 0 Å². The summed E-state index contributed by atoms with van der Waals surface area (Å²) in [5, 5.41) is 3.27. The largest absolute Gasteiger partial charge is 0.385 e. The van der Waals surface area contributed by atoms with Crippen LogP contribution in [0.1, 0.15) is 20.3 Å². The van der Waals surface area contributed by atoms with E-state index in [2.05, 4.69) is 25.4 Å². The summed E-state index contributed by atoms with van der Waals surface area (Å²) in [5.41, 5.74) is 1.94. The van der Waals surface area contributed by atoms with Crippen LogP contribution in [-0.4, -0.2) is 19.8 Å². The SMILES string of the molecule is C=C(C)/C=C\C(=C)NC(C)CCOC. The van der Waals surface area contributed by atoms with Crippen LogP contribution in [0.5, 0.6) is 0 Å². The molecule has 2 nitrogen and oxygen atoms in total. The summed E-state index contributed by atoms with van der Waals surface area (Å²) < 4.78 is 4.99. The van der Waals surface area contributed by atoms with E-state index >= 15 is 0 Å². The number of hydrogen-bond donors (Lipinski definition) is 1. The molecule has 0 amide bonds. The summed E-state index contributed by atoms with van der Waals surface area (Å²) in [6.07, 6.45) is 4.86. The quantitative estimate of drug-likeness (QED) is 0.631. The molecule has 0 aromatic rings. The molecule has 0 aromatic carbocycles. The number of hydrogen-bond acceptors (Lipinski definition) is 2. The molecule has 80 valence electrons. The molecule has 0 fully saturated rings. The van der Waals surface area contributed by atoms with Crippen LogP contribution in [0.15, 0.2) is 36.6 Å². The molecule has 14 heavy (non-hydrogen) atoms. The molecule has 0 bridgehead atoms. The van der Waals surface area contributed by atoms with Crippen LogP contribution in [0, 0.1) is 0 Å². The molecule has 0 rings (SSSR count). The van der Waals surface area contributed by atoms with E-state index < -0.39 is 0 Å². The highest BCUT2D eigenvalue weighted by Gasteiger charge is 1.99. The molecule has 0 heterocycles. The van der Waals surface area contributed by atoms with Crippen LogP contribution < -0.4 is 5.32 Å². The summed E-state index contributed by atoms with van der Waals surface area (Å²) in [4.78, 5) is 0. The molecular formula is C12H21NO. The van der Waals surface area contributed by atoms with Gasteiger partial charge in [0.1, 0.15) is 0 Å². The van der Waals surface area contributed by atoms with E-state index in [9.17, 15) is 0 Å². The van der Waals surface area contributed by atoms with E-state index in [1.54, 1.807) is 7.11 Å². The van der Waals surface area contributed by atoms with Gasteiger partial charge >= 0.3 is 0 Å². The fraction of sp³-hybridized carbons (Fsp3) is 0.500. The minimum absolute atomic E-state index is 0.386. The summed E-state index contributed by atoms with van der Waals surface area (Å²) >= 11 is 0. The van der Waals surface area contributed by atoms with E-state index in [1.807, 2.05) is 19.1 Å². The third-order valence-electron chi connectivity index (χ3n) is 1.76. The highest BCUT2D eigenvalue weighted by atomic mass is 16.5. The van der Waals surface area contributed by atoms with Gasteiger partial charge in [-0.1, -0.05) is 24.8 Å². The number of rotatable bonds is 7. The minimum atomic E-state index is 0.386. The highest BCUT2D eigenvalue weighted by molar-refractivity contribution is 5.21. The van der Waals surface area contributed by atoms with Crippen molar-refractivity contribution in [1.82, 2.24) is 5.32 Å². The van der Waals surface area contributed by atoms with Gasteiger partial charge in [0.25, 0.3) is 0 Å². The van der Waals surface area contributed by atoms with Gasteiger partial charge < -0.3 is 10.1 Å². The van der Waals surface area contributed by atoms with Gasteiger partial charge in [-0.25, -0.2) is 0 Å². The van der Waals surface area contributed by atoms with Crippen molar-refractivity contribution in [3.05, 3.63) is 36.6 Å². The van der Waals surface area contributed by atoms with Crippen molar-refractivity contribution >= 4 is 0 Å². The Labute approximate surface area is 87.3 Å². The van der Waals surface area contributed by atoms with Crippen molar-refractivity contribution in [1.29, 1.82) is 0 Å². The van der Waals surface area contributed by atoms with Crippen LogP contribution in [0.2, 0.25) is 0 Å². The van der Waals surface area contributed by atoms with Crippen LogP contribution in [0.4, 0.5) is 0 Å². The molecule has 1 atom stereocenters. The molecule has 0 aliphatic rings. The molecule has 0 spiro atoms. The average molecular weight is 195 g/mol. The number of allylic oxidation sites excluding steroid dienone is 3. The third kappa shape index (κ3) is 7.62. The minimum Gasteiger partial charge on any atom is -0.385 e. The fourth-order valence-corrected chi connectivity index (χ4v) is 0.974. The molecule has 0 saturated heterocycles. The maximum atomic E-state index is 4.99. The molecule has 1 unspecified atom stereocenters. The van der Waals surface area contributed by atoms with E-state index in [0.717, 1.165) is 24.3 Å². The normalized spacial score (nSPS) is 12.8. The average Bonchev–Trinajstić information content (AvgIpc) is 2.11. The van der Waals surface area contributed by atoms with Gasteiger partial charge in [-0.3, -0.25) is 0 Å². The molecule has 0 aliphatic carbocycles. The van der Waals surface area contributed by atoms with Gasteiger partial charge in [-0.15, -0.1) is 0 Å². The second kappa shape index (κ2) is 7.39. The molecular weight excluding hydrogens is 174 g/mol. The fourth-order valence-electron chi connectivity index (χ4n) is 0.974. The molecule has 0 radical (unpaired) electrons. The Balaban J connectivity index is 3.76. The van der Waals surface area contributed by atoms with Gasteiger partial charge in [0, 0.05) is 25.5 Å². The van der Waals surface area contributed by atoms with Crippen molar-refractivity contribution < 1.29 is 4.74 Å². The standard InChI is InChI=1S/C12H21NO/c1-10(2)6-7-11(3)13-12(4)8-9-14-5/h6-7,12-13H,1,3,8-9H2,2,4-5H3/b7-6-. The number of ether oxygens (including phenoxy) is 1.